The van der Waals surface area contributed by atoms with Gasteiger partial charge in [0.15, 0.2) is 0 Å². The third-order valence-electron chi connectivity index (χ3n) is 3.57. The van der Waals surface area contributed by atoms with Gasteiger partial charge in [-0.05, 0) is 48.2 Å². The van der Waals surface area contributed by atoms with Crippen LogP contribution in [0.25, 0.3) is 0 Å². The van der Waals surface area contributed by atoms with Crippen LogP contribution in [0.4, 0.5) is 4.79 Å². The highest BCUT2D eigenvalue weighted by atomic mass is 32.2. The first-order valence-electron chi connectivity index (χ1n) is 7.76. The molecule has 0 spiro atoms. The van der Waals surface area contributed by atoms with Crippen LogP contribution in [0.5, 0.6) is 5.75 Å². The zero-order valence-corrected chi connectivity index (χ0v) is 14.4. The third kappa shape index (κ3) is 6.04. The second-order valence-corrected chi connectivity index (χ2v) is 6.86. The summed E-state index contributed by atoms with van der Waals surface area (Å²) in [6, 6.07) is 14.2. The smallest absolute Gasteiger partial charge is 0.315 e. The van der Waals surface area contributed by atoms with Gasteiger partial charge in [0, 0.05) is 35.0 Å². The van der Waals surface area contributed by atoms with Crippen LogP contribution in [-0.4, -0.2) is 28.1 Å². The highest BCUT2D eigenvalue weighted by molar-refractivity contribution is 7.84. The van der Waals surface area contributed by atoms with Gasteiger partial charge in [-0.25, -0.2) is 4.79 Å². The second-order valence-electron chi connectivity index (χ2n) is 5.48. The van der Waals surface area contributed by atoms with Gasteiger partial charge in [0.25, 0.3) is 0 Å². The van der Waals surface area contributed by atoms with Gasteiger partial charge >= 0.3 is 6.03 Å². The molecule has 2 aromatic rings. The number of hydrogen-bond donors (Lipinski definition) is 3. The van der Waals surface area contributed by atoms with E-state index in [1.807, 2.05) is 36.4 Å². The largest absolute Gasteiger partial charge is 0.508 e. The minimum Gasteiger partial charge on any atom is -0.508 e. The fourth-order valence-electron chi connectivity index (χ4n) is 2.20. The maximum absolute atomic E-state index is 11.7. The molecule has 0 fully saturated rings. The molecule has 1 atom stereocenters. The first-order valence-corrected chi connectivity index (χ1v) is 9.32. The molecule has 2 rings (SSSR count). The molecule has 3 N–H and O–H groups in total. The number of phenols is 1. The number of amides is 2. The minimum atomic E-state index is -0.986. The third-order valence-corrected chi connectivity index (χ3v) is 4.51. The van der Waals surface area contributed by atoms with Crippen LogP contribution in [-0.2, 0) is 23.8 Å². The van der Waals surface area contributed by atoms with E-state index in [0.29, 0.717) is 13.1 Å². The highest BCUT2D eigenvalue weighted by Gasteiger charge is 2.02. The van der Waals surface area contributed by atoms with E-state index >= 15 is 0 Å². The normalized spacial score (nSPS) is 11.7. The summed E-state index contributed by atoms with van der Waals surface area (Å²) in [5, 5.41) is 14.8. The van der Waals surface area contributed by atoms with E-state index in [-0.39, 0.29) is 11.8 Å². The Kier molecular flexibility index (Phi) is 6.81. The van der Waals surface area contributed by atoms with Crippen molar-refractivity contribution in [1.82, 2.24) is 10.6 Å². The number of urea groups is 1. The maximum Gasteiger partial charge on any atom is 0.315 e. The summed E-state index contributed by atoms with van der Waals surface area (Å²) in [4.78, 5) is 12.5. The number of phenolic OH excluding ortho intramolecular Hbond substituents is 1. The van der Waals surface area contributed by atoms with Crippen LogP contribution in [0, 0.1) is 0 Å². The molecule has 2 amide bonds. The van der Waals surface area contributed by atoms with Gasteiger partial charge in [0.1, 0.15) is 5.75 Å². The summed E-state index contributed by atoms with van der Waals surface area (Å²) in [7, 11) is -0.986. The Labute approximate surface area is 144 Å². The Morgan fingerprint density at radius 3 is 2.25 bits per heavy atom. The van der Waals surface area contributed by atoms with Crippen LogP contribution in [0.2, 0.25) is 0 Å². The summed E-state index contributed by atoms with van der Waals surface area (Å²) in [6.45, 7) is 1.01. The zero-order chi connectivity index (χ0) is 17.4. The van der Waals surface area contributed by atoms with Crippen molar-refractivity contribution in [3.63, 3.8) is 0 Å². The number of carbonyl (C=O) groups is 1. The Balaban J connectivity index is 1.64. The summed E-state index contributed by atoms with van der Waals surface area (Å²) in [6.07, 6.45) is 3.31. The Hall–Kier alpha value is -2.34. The number of carbonyl (C=O) groups excluding carboxylic acids is 1. The van der Waals surface area contributed by atoms with E-state index in [0.717, 1.165) is 28.9 Å². The van der Waals surface area contributed by atoms with Crippen LogP contribution < -0.4 is 10.6 Å². The monoisotopic (exact) mass is 346 g/mol. The van der Waals surface area contributed by atoms with Crippen LogP contribution >= 0.6 is 0 Å². The molecule has 0 aliphatic carbocycles. The average Bonchev–Trinajstić information content (AvgIpc) is 2.59. The van der Waals surface area contributed by atoms with E-state index in [1.54, 1.807) is 18.4 Å². The van der Waals surface area contributed by atoms with Gasteiger partial charge in [-0.1, -0.05) is 24.3 Å². The maximum atomic E-state index is 11.7. The molecule has 0 aliphatic rings. The summed E-state index contributed by atoms with van der Waals surface area (Å²) in [5.41, 5.74) is 2.09. The predicted octanol–water partition coefficient (Wildman–Crippen LogP) is 2.56. The first kappa shape index (κ1) is 18.0. The molecule has 0 aliphatic heterocycles. The average molecular weight is 346 g/mol. The van der Waals surface area contributed by atoms with Crippen molar-refractivity contribution in [2.75, 3.05) is 12.8 Å². The molecule has 24 heavy (non-hydrogen) atoms. The molecule has 0 unspecified atom stereocenters. The standard InChI is InChI=1S/C18H22N2O3S/c1-24(23)17-10-6-15(7-11-17)13-20-18(22)19-12-2-3-14-4-8-16(21)9-5-14/h4-11,21H,2-3,12-13H2,1H3,(H2,19,20,22)/t24-/m0/s1. The molecule has 0 saturated heterocycles. The number of nitrogens with one attached hydrogen (secondary N) is 2. The summed E-state index contributed by atoms with van der Waals surface area (Å²) in [5.74, 6) is 0.259. The second kappa shape index (κ2) is 9.08. The van der Waals surface area contributed by atoms with Crippen molar-refractivity contribution < 1.29 is 14.1 Å². The lowest BCUT2D eigenvalue weighted by atomic mass is 10.1. The molecule has 0 aromatic heterocycles. The quantitative estimate of drug-likeness (QED) is 0.674. The van der Waals surface area contributed by atoms with E-state index in [1.165, 1.54) is 0 Å². The Morgan fingerprint density at radius 1 is 1.00 bits per heavy atom. The van der Waals surface area contributed by atoms with Crippen molar-refractivity contribution in [3.05, 3.63) is 59.7 Å². The molecule has 0 radical (unpaired) electrons. The Bertz CT molecular complexity index is 684. The van der Waals surface area contributed by atoms with Crippen molar-refractivity contribution in [2.45, 2.75) is 24.3 Å². The van der Waals surface area contributed by atoms with E-state index in [4.69, 9.17) is 0 Å². The lowest BCUT2D eigenvalue weighted by Gasteiger charge is -2.08. The number of hydrogen-bond acceptors (Lipinski definition) is 3. The molecule has 0 saturated carbocycles. The lowest BCUT2D eigenvalue weighted by Crippen LogP contribution is -2.35. The molecule has 6 heteroatoms. The van der Waals surface area contributed by atoms with Gasteiger partial charge in [-0.3, -0.25) is 4.21 Å². The predicted molar refractivity (Wildman–Crippen MR) is 95.4 cm³/mol. The molecule has 5 nitrogen and oxygen atoms in total. The fourth-order valence-corrected chi connectivity index (χ4v) is 2.72. The van der Waals surface area contributed by atoms with Crippen molar-refractivity contribution >= 4 is 16.8 Å². The zero-order valence-electron chi connectivity index (χ0n) is 13.6. The number of rotatable bonds is 7. The van der Waals surface area contributed by atoms with E-state index in [9.17, 15) is 14.1 Å². The van der Waals surface area contributed by atoms with Gasteiger partial charge in [0.2, 0.25) is 0 Å². The van der Waals surface area contributed by atoms with Crippen molar-refractivity contribution in [2.24, 2.45) is 0 Å². The van der Waals surface area contributed by atoms with Gasteiger partial charge in [0.05, 0.1) is 0 Å². The number of aryl methyl sites for hydroxylation is 1. The topological polar surface area (TPSA) is 78.4 Å². The first-order chi connectivity index (χ1) is 11.5. The molecular formula is C18H22N2O3S. The summed E-state index contributed by atoms with van der Waals surface area (Å²) < 4.78 is 11.3. The van der Waals surface area contributed by atoms with Gasteiger partial charge < -0.3 is 15.7 Å². The van der Waals surface area contributed by atoms with Crippen molar-refractivity contribution in [3.8, 4) is 5.75 Å². The van der Waals surface area contributed by atoms with Crippen molar-refractivity contribution in [1.29, 1.82) is 0 Å². The van der Waals surface area contributed by atoms with Crippen LogP contribution in [0.3, 0.4) is 0 Å². The summed E-state index contributed by atoms with van der Waals surface area (Å²) >= 11 is 0. The molecule has 128 valence electrons. The van der Waals surface area contributed by atoms with Crippen LogP contribution in [0.15, 0.2) is 53.4 Å². The fraction of sp³-hybridized carbons (Fsp3) is 0.278. The number of benzene rings is 2. The minimum absolute atomic E-state index is 0.205. The molecule has 0 heterocycles. The SMILES string of the molecule is C[S@](=O)c1ccc(CNC(=O)NCCCc2ccc(O)cc2)cc1. The lowest BCUT2D eigenvalue weighted by molar-refractivity contribution is 0.240. The highest BCUT2D eigenvalue weighted by Crippen LogP contribution is 2.10. The van der Waals surface area contributed by atoms with E-state index in [2.05, 4.69) is 10.6 Å². The molecule has 2 aromatic carbocycles. The van der Waals surface area contributed by atoms with Gasteiger partial charge in [-0.2, -0.15) is 0 Å². The van der Waals surface area contributed by atoms with Gasteiger partial charge in [-0.15, -0.1) is 0 Å². The molecule has 0 bridgehead atoms. The Morgan fingerprint density at radius 2 is 1.62 bits per heavy atom. The number of aromatic hydroxyl groups is 1. The van der Waals surface area contributed by atoms with Crippen LogP contribution in [0.1, 0.15) is 17.5 Å². The molecular weight excluding hydrogens is 324 g/mol. The van der Waals surface area contributed by atoms with E-state index < -0.39 is 10.8 Å².